The molecule has 4 aliphatic carbocycles. The Morgan fingerprint density at radius 2 is 1.97 bits per heavy atom. The van der Waals surface area contributed by atoms with Crippen LogP contribution in [0, 0.1) is 46.3 Å². The van der Waals surface area contributed by atoms with Crippen LogP contribution in [0.4, 0.5) is 0 Å². The average Bonchev–Trinajstić information content (AvgIpc) is 3.12. The lowest BCUT2D eigenvalue weighted by Gasteiger charge is -2.60. The smallest absolute Gasteiger partial charge is 0.126 e. The Hall–Kier alpha value is -0.970. The summed E-state index contributed by atoms with van der Waals surface area (Å²) in [5, 5.41) is 32.8. The van der Waals surface area contributed by atoms with Crippen molar-refractivity contribution in [1.82, 2.24) is 0 Å². The fourth-order valence-corrected chi connectivity index (χ4v) is 8.50. The number of carbonyl (C=O) groups is 1. The number of hydrogen-bond acceptors (Lipinski definition) is 4. The van der Waals surface area contributed by atoms with Crippen LogP contribution in [0.5, 0.6) is 0 Å². The number of hydrogen-bond donors (Lipinski definition) is 3. The minimum Gasteiger partial charge on any atom is -0.393 e. The van der Waals surface area contributed by atoms with E-state index in [1.807, 2.05) is 0 Å². The number of aldehydes is 1. The van der Waals surface area contributed by atoms with Crippen LogP contribution in [0.1, 0.15) is 79.1 Å². The molecule has 3 N–H and O–H groups in total. The van der Waals surface area contributed by atoms with Gasteiger partial charge in [0.05, 0.1) is 18.3 Å². The third kappa shape index (κ3) is 3.56. The van der Waals surface area contributed by atoms with Gasteiger partial charge in [0.1, 0.15) is 6.29 Å². The summed E-state index contributed by atoms with van der Waals surface area (Å²) < 4.78 is 0. The van der Waals surface area contributed by atoms with E-state index in [-0.39, 0.29) is 17.8 Å². The van der Waals surface area contributed by atoms with E-state index in [9.17, 15) is 20.1 Å². The molecule has 180 valence electrons. The highest BCUT2D eigenvalue weighted by Crippen LogP contribution is 2.66. The van der Waals surface area contributed by atoms with Crippen LogP contribution in [0.25, 0.3) is 0 Å². The fourth-order valence-electron chi connectivity index (χ4n) is 8.50. The number of aliphatic hydroxyl groups is 3. The van der Waals surface area contributed by atoms with Crippen molar-refractivity contribution in [1.29, 1.82) is 0 Å². The second-order valence-corrected chi connectivity index (χ2v) is 12.2. The zero-order valence-electron chi connectivity index (χ0n) is 20.5. The van der Waals surface area contributed by atoms with Crippen LogP contribution in [0.2, 0.25) is 0 Å². The van der Waals surface area contributed by atoms with Gasteiger partial charge in [-0.25, -0.2) is 0 Å². The lowest BCUT2D eigenvalue weighted by atomic mass is 9.45. The Balaban J connectivity index is 1.61. The number of allylic oxidation sites excluding steroid dienone is 2. The van der Waals surface area contributed by atoms with E-state index in [0.717, 1.165) is 37.7 Å². The third-order valence-electron chi connectivity index (χ3n) is 10.4. The van der Waals surface area contributed by atoms with Gasteiger partial charge in [0.15, 0.2) is 0 Å². The highest BCUT2D eigenvalue weighted by atomic mass is 16.3. The number of aliphatic hydroxyl groups excluding tert-OH is 3. The van der Waals surface area contributed by atoms with Crippen molar-refractivity contribution in [2.75, 3.05) is 0 Å². The van der Waals surface area contributed by atoms with Crippen molar-refractivity contribution in [3.8, 4) is 0 Å². The van der Waals surface area contributed by atoms with Gasteiger partial charge in [-0.05, 0) is 80.5 Å². The van der Waals surface area contributed by atoms with Crippen LogP contribution in [0.15, 0.2) is 23.8 Å². The van der Waals surface area contributed by atoms with Crippen LogP contribution >= 0.6 is 0 Å². The first-order chi connectivity index (χ1) is 15.1. The summed E-state index contributed by atoms with van der Waals surface area (Å²) in [5.74, 6) is 1.65. The van der Waals surface area contributed by atoms with Gasteiger partial charge < -0.3 is 20.1 Å². The third-order valence-corrected chi connectivity index (χ3v) is 10.4. The number of rotatable bonds is 6. The highest BCUT2D eigenvalue weighted by molar-refractivity contribution is 5.62. The standard InChI is InChI=1S/C28H44O4/c1-16(2)17(3)6-7-18(4)22-10-11-23-21-9-8-19-12-20(30)13-25(32)27(19,5)26(21)24(31)14-28(22,23)15-29/h8,15-16,18,20-26,30-32H,3,6-7,9-14H2,1-2,4-5H3/t18-,20-,21+,22-,23+,24-,25+,26-,27-,28+/m1/s1. The van der Waals surface area contributed by atoms with Crippen molar-refractivity contribution in [2.24, 2.45) is 46.3 Å². The van der Waals surface area contributed by atoms with Gasteiger partial charge in [-0.1, -0.05) is 51.5 Å². The second kappa shape index (κ2) is 8.67. The topological polar surface area (TPSA) is 77.8 Å². The molecule has 10 atom stereocenters. The minimum absolute atomic E-state index is 0.0437. The SMILES string of the molecule is C=C(CC[C@@H](C)[C@H]1CC[C@H]2[C@@H]3CC=C4C[C@@H](O)C[C@H](O)[C@]4(C)[C@H]3[C@H](O)C[C@]12C=O)C(C)C. The predicted octanol–water partition coefficient (Wildman–Crippen LogP) is 4.68. The van der Waals surface area contributed by atoms with Crippen LogP contribution < -0.4 is 0 Å². The molecular weight excluding hydrogens is 400 g/mol. The van der Waals surface area contributed by atoms with Gasteiger partial charge in [0.2, 0.25) is 0 Å². The molecule has 0 bridgehead atoms. The Morgan fingerprint density at radius 3 is 2.62 bits per heavy atom. The Labute approximate surface area is 194 Å². The Morgan fingerprint density at radius 1 is 1.25 bits per heavy atom. The van der Waals surface area contributed by atoms with Crippen molar-refractivity contribution in [3.05, 3.63) is 23.8 Å². The summed E-state index contributed by atoms with van der Waals surface area (Å²) in [4.78, 5) is 12.8. The highest BCUT2D eigenvalue weighted by Gasteiger charge is 2.65. The van der Waals surface area contributed by atoms with E-state index in [2.05, 4.69) is 40.3 Å². The molecule has 3 fully saturated rings. The largest absolute Gasteiger partial charge is 0.393 e. The van der Waals surface area contributed by atoms with Crippen LogP contribution in [-0.2, 0) is 4.79 Å². The maximum absolute atomic E-state index is 12.8. The Kier molecular flexibility index (Phi) is 6.55. The molecule has 0 radical (unpaired) electrons. The number of fused-ring (bicyclic) bond motifs is 5. The van der Waals surface area contributed by atoms with E-state index in [1.165, 1.54) is 11.9 Å². The Bertz CT molecular complexity index is 771. The maximum atomic E-state index is 12.8. The van der Waals surface area contributed by atoms with Gasteiger partial charge >= 0.3 is 0 Å². The van der Waals surface area contributed by atoms with Crippen molar-refractivity contribution >= 4 is 6.29 Å². The van der Waals surface area contributed by atoms with Crippen molar-refractivity contribution < 1.29 is 20.1 Å². The summed E-state index contributed by atoms with van der Waals surface area (Å²) in [5.41, 5.74) is 1.43. The molecule has 0 aliphatic heterocycles. The zero-order chi connectivity index (χ0) is 23.4. The van der Waals surface area contributed by atoms with Gasteiger partial charge in [-0.3, -0.25) is 0 Å². The summed E-state index contributed by atoms with van der Waals surface area (Å²) >= 11 is 0. The fraction of sp³-hybridized carbons (Fsp3) is 0.821. The monoisotopic (exact) mass is 444 g/mol. The molecule has 0 aromatic carbocycles. The van der Waals surface area contributed by atoms with E-state index >= 15 is 0 Å². The average molecular weight is 445 g/mol. The summed E-state index contributed by atoms with van der Waals surface area (Å²) in [6.07, 6.45) is 8.13. The van der Waals surface area contributed by atoms with Crippen LogP contribution in [-0.4, -0.2) is 39.9 Å². The first-order valence-electron chi connectivity index (χ1n) is 12.9. The quantitative estimate of drug-likeness (QED) is 0.411. The molecule has 3 saturated carbocycles. The molecule has 0 aromatic heterocycles. The molecule has 0 heterocycles. The van der Waals surface area contributed by atoms with E-state index in [0.29, 0.717) is 37.0 Å². The minimum atomic E-state index is -0.651. The van der Waals surface area contributed by atoms with Gasteiger partial charge in [-0.2, -0.15) is 0 Å². The molecule has 4 nitrogen and oxygen atoms in total. The molecular formula is C28H44O4. The molecule has 32 heavy (non-hydrogen) atoms. The van der Waals surface area contributed by atoms with Crippen molar-refractivity contribution in [2.45, 2.75) is 97.4 Å². The molecule has 4 rings (SSSR count). The van der Waals surface area contributed by atoms with Gasteiger partial charge in [0.25, 0.3) is 0 Å². The zero-order valence-corrected chi connectivity index (χ0v) is 20.5. The van der Waals surface area contributed by atoms with Crippen molar-refractivity contribution in [3.63, 3.8) is 0 Å². The maximum Gasteiger partial charge on any atom is 0.126 e. The second-order valence-electron chi connectivity index (χ2n) is 12.2. The molecule has 4 heteroatoms. The number of carbonyl (C=O) groups excluding carboxylic acids is 1. The van der Waals surface area contributed by atoms with Gasteiger partial charge in [0, 0.05) is 17.3 Å². The summed E-state index contributed by atoms with van der Waals surface area (Å²) in [6, 6.07) is 0. The van der Waals surface area contributed by atoms with E-state index < -0.39 is 29.1 Å². The molecule has 0 aromatic rings. The molecule has 0 spiro atoms. The normalized spacial score (nSPS) is 46.6. The van der Waals surface area contributed by atoms with Crippen LogP contribution in [0.3, 0.4) is 0 Å². The van der Waals surface area contributed by atoms with E-state index in [1.54, 1.807) is 0 Å². The lowest BCUT2D eigenvalue weighted by Crippen LogP contribution is -2.61. The first kappa shape index (κ1) is 24.2. The first-order valence-corrected chi connectivity index (χ1v) is 12.9. The molecule has 0 unspecified atom stereocenters. The predicted molar refractivity (Wildman–Crippen MR) is 127 cm³/mol. The molecule has 0 saturated heterocycles. The van der Waals surface area contributed by atoms with E-state index in [4.69, 9.17) is 0 Å². The summed E-state index contributed by atoms with van der Waals surface area (Å²) in [6.45, 7) is 13.0. The molecule has 4 aliphatic rings. The lowest BCUT2D eigenvalue weighted by molar-refractivity contribution is -0.166. The summed E-state index contributed by atoms with van der Waals surface area (Å²) in [7, 11) is 0. The molecule has 0 amide bonds. The van der Waals surface area contributed by atoms with Gasteiger partial charge in [-0.15, -0.1) is 0 Å².